The second kappa shape index (κ2) is 26.9. The van der Waals surface area contributed by atoms with E-state index >= 15 is 0 Å². The molecule has 0 aromatic carbocycles. The molecule has 1 radical (unpaired) electrons. The average Bonchev–Trinajstić information content (AvgIpc) is 3.66. The first-order chi connectivity index (χ1) is 22.0. The zero-order valence-corrected chi connectivity index (χ0v) is 30.0. The Labute approximate surface area is 302 Å². The van der Waals surface area contributed by atoms with Crippen molar-refractivity contribution < 1.29 is 53.1 Å². The van der Waals surface area contributed by atoms with Gasteiger partial charge in [-0.2, -0.15) is 0 Å². The predicted molar refractivity (Wildman–Crippen MR) is 182 cm³/mol. The van der Waals surface area contributed by atoms with Crippen molar-refractivity contribution in [2.75, 3.05) is 79.0 Å². The van der Waals surface area contributed by atoms with E-state index in [2.05, 4.69) is 33.8 Å². The van der Waals surface area contributed by atoms with E-state index in [1.54, 1.807) is 12.4 Å². The Balaban J connectivity index is 0.00000144. The maximum Gasteiger partial charge on any atom is 2.00 e. The number of allylic oxidation sites excluding steroid dienone is 3. The van der Waals surface area contributed by atoms with Gasteiger partial charge in [0.15, 0.2) is 0 Å². The van der Waals surface area contributed by atoms with Crippen molar-refractivity contribution in [2.24, 2.45) is 20.0 Å². The Morgan fingerprint density at radius 1 is 0.681 bits per heavy atom. The van der Waals surface area contributed by atoms with Crippen LogP contribution in [0.5, 0.6) is 0 Å². The monoisotopic (exact) mass is 749 g/mol. The Morgan fingerprint density at radius 2 is 1.19 bits per heavy atom. The molecule has 3 atom stereocenters. The molecule has 1 saturated heterocycles. The summed E-state index contributed by atoms with van der Waals surface area (Å²) in [6.45, 7) is 15.0. The molecular weight excluding hydrogens is 700 g/mol. The van der Waals surface area contributed by atoms with E-state index in [0.717, 1.165) is 47.8 Å². The molecule has 12 nitrogen and oxygen atoms in total. The number of hydrogen-bond donors (Lipinski definition) is 0. The standard InChI is InChI=1S/C30H48N6O4.C3H3N2.2Cu/c1-23-27-7-5-8-28(35-27)24(2)32-12-16-39-21-22-40-18-14-34-26(4)30-10-6-9-29(36-30)25(3)33-13-17-38-20-19-37-15-11-31-23;1-2-5-3-4-1;;/h5,7-8,27,29-30H,6,9-22H2,1-4H3;1-3H;;/q-2;-1;+1;+2. The molecule has 3 aliphatic heterocycles. The van der Waals surface area contributed by atoms with Gasteiger partial charge in [-0.3, -0.25) is 20.0 Å². The van der Waals surface area contributed by atoms with Crippen molar-refractivity contribution in [3.05, 3.63) is 53.3 Å². The number of rotatable bonds is 0. The first-order valence-electron chi connectivity index (χ1n) is 16.1. The van der Waals surface area contributed by atoms with Crippen LogP contribution < -0.4 is 4.98 Å². The van der Waals surface area contributed by atoms with Crippen LogP contribution in [0.25, 0.3) is 10.6 Å². The van der Waals surface area contributed by atoms with Crippen LogP contribution in [0.15, 0.2) is 62.6 Å². The van der Waals surface area contributed by atoms with Gasteiger partial charge in [-0.15, -0.1) is 5.70 Å². The Hall–Kier alpha value is -1.99. The van der Waals surface area contributed by atoms with E-state index in [0.29, 0.717) is 79.0 Å². The van der Waals surface area contributed by atoms with Gasteiger partial charge in [0.1, 0.15) is 0 Å². The van der Waals surface area contributed by atoms with Gasteiger partial charge in [0.2, 0.25) is 0 Å². The minimum absolute atomic E-state index is 0. The number of imidazole rings is 1. The third-order valence-corrected chi connectivity index (χ3v) is 7.40. The van der Waals surface area contributed by atoms with E-state index in [1.807, 2.05) is 32.1 Å². The molecule has 14 heteroatoms. The van der Waals surface area contributed by atoms with Crippen molar-refractivity contribution in [3.8, 4) is 0 Å². The van der Waals surface area contributed by atoms with Gasteiger partial charge < -0.3 is 39.5 Å². The molecule has 0 aliphatic carbocycles. The third kappa shape index (κ3) is 18.4. The maximum absolute atomic E-state index is 5.71. The summed E-state index contributed by atoms with van der Waals surface area (Å²) in [7, 11) is 0. The van der Waals surface area contributed by atoms with Gasteiger partial charge in [-0.05, 0) is 44.8 Å². The van der Waals surface area contributed by atoms with Crippen LogP contribution in [0.1, 0.15) is 47.0 Å². The quantitative estimate of drug-likeness (QED) is 0.360. The zero-order valence-electron chi connectivity index (χ0n) is 28.1. The molecule has 3 aliphatic rings. The molecule has 1 aromatic rings. The van der Waals surface area contributed by atoms with Crippen molar-refractivity contribution >= 4 is 22.8 Å². The molecule has 47 heavy (non-hydrogen) atoms. The normalized spacial score (nSPS) is 24.8. The first-order valence-corrected chi connectivity index (χ1v) is 16.1. The minimum Gasteiger partial charge on any atom is -0.672 e. The van der Waals surface area contributed by atoms with Crippen LogP contribution in [0.2, 0.25) is 0 Å². The minimum atomic E-state index is -0.0772. The number of nitrogens with zero attached hydrogens (tertiary/aromatic N) is 8. The SMILES string of the molecule is CC1=NCCOCCOCCN=C(C)C2CCCC([N-]2)C(C)=NCCOCCOCCN=C(C)C2C=CC=C1[N-]2.[Cu+2].[Cu+].c1c[n-]cn1. The fraction of sp³-hybridized carbons (Fsp3) is 0.667. The summed E-state index contributed by atoms with van der Waals surface area (Å²) in [5.41, 5.74) is 4.90. The Morgan fingerprint density at radius 3 is 1.66 bits per heavy atom. The molecule has 269 valence electrons. The molecular formula is C33H51Cu2N8O4. The van der Waals surface area contributed by atoms with Gasteiger partial charge in [0.25, 0.3) is 0 Å². The molecule has 1 aromatic heterocycles. The molecule has 4 bridgehead atoms. The predicted octanol–water partition coefficient (Wildman–Crippen LogP) is 4.43. The largest absolute Gasteiger partial charge is 2.00 e. The third-order valence-electron chi connectivity index (χ3n) is 7.40. The molecule has 0 amide bonds. The number of hydrogen-bond acceptors (Lipinski definition) is 9. The van der Waals surface area contributed by atoms with Gasteiger partial charge in [0, 0.05) is 5.71 Å². The summed E-state index contributed by atoms with van der Waals surface area (Å²) in [4.78, 5) is 26.0. The fourth-order valence-electron chi connectivity index (χ4n) is 4.80. The zero-order chi connectivity index (χ0) is 32.0. The van der Waals surface area contributed by atoms with E-state index in [4.69, 9.17) is 39.6 Å². The van der Waals surface area contributed by atoms with Crippen molar-refractivity contribution in [1.82, 2.24) is 9.97 Å². The number of piperidine rings is 1. The van der Waals surface area contributed by atoms with Crippen LogP contribution in [0.4, 0.5) is 0 Å². The molecule has 0 spiro atoms. The second-order valence-electron chi connectivity index (χ2n) is 10.8. The molecule has 4 heterocycles. The summed E-state index contributed by atoms with van der Waals surface area (Å²) >= 11 is 0. The van der Waals surface area contributed by atoms with Gasteiger partial charge in [-0.1, -0.05) is 74.3 Å². The topological polar surface area (TPSA) is 142 Å². The van der Waals surface area contributed by atoms with Crippen molar-refractivity contribution in [3.63, 3.8) is 0 Å². The number of aromatic nitrogens is 2. The summed E-state index contributed by atoms with van der Waals surface area (Å²) in [6, 6.07) is 0.251. The fourth-order valence-corrected chi connectivity index (χ4v) is 4.80. The average molecular weight is 751 g/mol. The first kappa shape index (κ1) is 43.0. The summed E-state index contributed by atoms with van der Waals surface area (Å²) in [6.07, 6.45) is 14.1. The van der Waals surface area contributed by atoms with Crippen molar-refractivity contribution in [1.29, 1.82) is 0 Å². The smallest absolute Gasteiger partial charge is 0.672 e. The second-order valence-corrected chi connectivity index (χ2v) is 10.8. The van der Waals surface area contributed by atoms with Crippen LogP contribution in [0, 0.1) is 0 Å². The van der Waals surface area contributed by atoms with E-state index in [9.17, 15) is 0 Å². The van der Waals surface area contributed by atoms with Crippen LogP contribution in [-0.4, -0.2) is 125 Å². The van der Waals surface area contributed by atoms with E-state index in [-0.39, 0.29) is 52.3 Å². The molecule has 4 rings (SSSR count). The number of ether oxygens (including phenoxy) is 4. The molecule has 1 fully saturated rings. The van der Waals surface area contributed by atoms with E-state index in [1.165, 1.54) is 6.33 Å². The van der Waals surface area contributed by atoms with Gasteiger partial charge >= 0.3 is 34.1 Å². The van der Waals surface area contributed by atoms with Gasteiger partial charge in [0.05, 0.1) is 79.0 Å². The molecule has 0 N–H and O–H groups in total. The van der Waals surface area contributed by atoms with Crippen molar-refractivity contribution in [2.45, 2.75) is 65.1 Å². The van der Waals surface area contributed by atoms with Crippen LogP contribution in [0.3, 0.4) is 0 Å². The summed E-state index contributed by atoms with van der Waals surface area (Å²) in [5, 5.41) is 9.84. The summed E-state index contributed by atoms with van der Waals surface area (Å²) in [5.74, 6) is 0. The number of fused-ring (bicyclic) bond motifs is 4. The van der Waals surface area contributed by atoms with Crippen LogP contribution in [-0.2, 0) is 53.1 Å². The number of aliphatic imine (C=N–C) groups is 4. The van der Waals surface area contributed by atoms with Crippen LogP contribution >= 0.6 is 0 Å². The maximum atomic E-state index is 5.71. The Kier molecular flexibility index (Phi) is 24.6. The van der Waals surface area contributed by atoms with E-state index < -0.39 is 0 Å². The van der Waals surface area contributed by atoms with Gasteiger partial charge in [-0.25, -0.2) is 0 Å². The molecule has 0 saturated carbocycles. The summed E-state index contributed by atoms with van der Waals surface area (Å²) < 4.78 is 22.8. The molecule has 3 unspecified atom stereocenters. The Bertz CT molecular complexity index is 1120.